The second kappa shape index (κ2) is 8.86. The van der Waals surface area contributed by atoms with Gasteiger partial charge in [0.25, 0.3) is 5.91 Å². The van der Waals surface area contributed by atoms with E-state index in [1.807, 2.05) is 10.8 Å². The molecule has 0 fully saturated rings. The van der Waals surface area contributed by atoms with Crippen LogP contribution in [0.5, 0.6) is 5.75 Å². The number of para-hydroxylation sites is 1. The Labute approximate surface area is 194 Å². The van der Waals surface area contributed by atoms with Crippen LogP contribution >= 0.6 is 0 Å². The van der Waals surface area contributed by atoms with Gasteiger partial charge in [-0.25, -0.2) is 4.98 Å². The summed E-state index contributed by atoms with van der Waals surface area (Å²) >= 11 is 0. The highest BCUT2D eigenvalue weighted by Crippen LogP contribution is 2.40. The first-order valence-corrected chi connectivity index (χ1v) is 10.8. The average molecular weight is 458 g/mol. The first kappa shape index (κ1) is 21.4. The Kier molecular flexibility index (Phi) is 5.59. The molecule has 34 heavy (non-hydrogen) atoms. The minimum atomic E-state index is -0.786. The van der Waals surface area contributed by atoms with Crippen molar-refractivity contribution < 1.29 is 23.8 Å². The van der Waals surface area contributed by atoms with Gasteiger partial charge in [-0.15, -0.1) is 0 Å². The van der Waals surface area contributed by atoms with Crippen LogP contribution < -0.4 is 4.74 Å². The van der Waals surface area contributed by atoms with Crippen LogP contribution in [0.2, 0.25) is 0 Å². The molecule has 0 bridgehead atoms. The highest BCUT2D eigenvalue weighted by molar-refractivity contribution is 6.16. The van der Waals surface area contributed by atoms with Gasteiger partial charge in [-0.3, -0.25) is 14.6 Å². The summed E-state index contributed by atoms with van der Waals surface area (Å²) in [4.78, 5) is 36.3. The number of hydrogen-bond acceptors (Lipinski definition) is 7. The van der Waals surface area contributed by atoms with Gasteiger partial charge in [0.1, 0.15) is 0 Å². The van der Waals surface area contributed by atoms with Crippen LogP contribution in [-0.4, -0.2) is 49.9 Å². The number of carbonyl (C=O) groups excluding carboxylic acids is 2. The highest BCUT2D eigenvalue weighted by atomic mass is 16.5. The number of aliphatic hydroxyl groups excluding tert-OH is 1. The van der Waals surface area contributed by atoms with E-state index in [0.717, 1.165) is 0 Å². The molecule has 1 aromatic carbocycles. The summed E-state index contributed by atoms with van der Waals surface area (Å²) in [5.74, 6) is -1.23. The van der Waals surface area contributed by atoms with Crippen molar-refractivity contribution in [3.8, 4) is 5.75 Å². The van der Waals surface area contributed by atoms with Crippen molar-refractivity contribution >= 4 is 22.7 Å². The van der Waals surface area contributed by atoms with Gasteiger partial charge in [-0.1, -0.05) is 18.2 Å². The van der Waals surface area contributed by atoms with Gasteiger partial charge in [0, 0.05) is 43.3 Å². The Hall–Kier alpha value is -4.40. The fraction of sp³-hybridized carbons (Fsp3) is 0.200. The van der Waals surface area contributed by atoms with Crippen LogP contribution in [-0.2, 0) is 11.3 Å². The third-order valence-electron chi connectivity index (χ3n) is 5.87. The van der Waals surface area contributed by atoms with Crippen LogP contribution in [0.4, 0.5) is 0 Å². The van der Waals surface area contributed by atoms with Crippen molar-refractivity contribution in [3.63, 3.8) is 0 Å². The van der Waals surface area contributed by atoms with Crippen molar-refractivity contribution in [1.29, 1.82) is 0 Å². The normalized spacial score (nSPS) is 16.0. The van der Waals surface area contributed by atoms with E-state index in [0.29, 0.717) is 41.8 Å². The number of furan rings is 1. The van der Waals surface area contributed by atoms with E-state index < -0.39 is 23.5 Å². The van der Waals surface area contributed by atoms with Crippen LogP contribution in [0, 0.1) is 0 Å². The number of aromatic nitrogens is 3. The predicted octanol–water partition coefficient (Wildman–Crippen LogP) is 3.70. The molecule has 0 spiro atoms. The number of imidazole rings is 1. The third kappa shape index (κ3) is 3.71. The molecule has 4 aromatic rings. The largest absolute Gasteiger partial charge is 0.503 e. The molecule has 3 aromatic heterocycles. The van der Waals surface area contributed by atoms with Crippen LogP contribution in [0.1, 0.15) is 28.6 Å². The number of ether oxygens (including phenoxy) is 1. The van der Waals surface area contributed by atoms with Gasteiger partial charge in [0.2, 0.25) is 5.78 Å². The number of carbonyl (C=O) groups is 2. The first-order valence-electron chi connectivity index (χ1n) is 10.8. The van der Waals surface area contributed by atoms with Crippen molar-refractivity contribution in [3.05, 3.63) is 90.2 Å². The second-order valence-electron chi connectivity index (χ2n) is 7.92. The van der Waals surface area contributed by atoms with Crippen molar-refractivity contribution in [2.24, 2.45) is 0 Å². The summed E-state index contributed by atoms with van der Waals surface area (Å²) in [7, 11) is 1.52. The smallest absolute Gasteiger partial charge is 0.290 e. The lowest BCUT2D eigenvalue weighted by atomic mass is 9.96. The van der Waals surface area contributed by atoms with E-state index in [4.69, 9.17) is 9.15 Å². The monoisotopic (exact) mass is 458 g/mol. The summed E-state index contributed by atoms with van der Waals surface area (Å²) in [6.45, 7) is 0.961. The number of methoxy groups -OCH3 is 1. The van der Waals surface area contributed by atoms with Gasteiger partial charge < -0.3 is 23.7 Å². The molecule has 0 radical (unpaired) electrons. The number of fused-ring (bicyclic) bond motifs is 1. The summed E-state index contributed by atoms with van der Waals surface area (Å²) in [6.07, 6.45) is 9.03. The maximum absolute atomic E-state index is 13.6. The number of Topliss-reactive ketones (excluding diaryl/α,β-unsaturated/α-hetero) is 1. The standard InChI is InChI=1S/C25H22N4O5/c1-33-18-7-2-5-16-13-19(34-24(16)18)22(30)20-21(17-6-3-8-26-14-17)29(25(32)23(20)31)11-4-10-28-12-9-27-15-28/h2-3,5-9,12-15,21,31H,4,10-11H2,1H3/t21-/m0/s1. The van der Waals surface area contributed by atoms with Gasteiger partial charge in [0.15, 0.2) is 22.9 Å². The van der Waals surface area contributed by atoms with E-state index in [1.54, 1.807) is 61.3 Å². The van der Waals surface area contributed by atoms with E-state index >= 15 is 0 Å². The van der Waals surface area contributed by atoms with Crippen LogP contribution in [0.15, 0.2) is 83.3 Å². The number of nitrogens with zero attached hydrogens (tertiary/aromatic N) is 4. The molecule has 1 aliphatic rings. The Bertz CT molecular complexity index is 1380. The number of aliphatic hydroxyl groups is 1. The Balaban J connectivity index is 1.50. The number of benzene rings is 1. The number of ketones is 1. The minimum absolute atomic E-state index is 0.0167. The predicted molar refractivity (Wildman–Crippen MR) is 122 cm³/mol. The lowest BCUT2D eigenvalue weighted by Crippen LogP contribution is -2.32. The Morgan fingerprint density at radius 2 is 2.06 bits per heavy atom. The first-order chi connectivity index (χ1) is 16.6. The molecular weight excluding hydrogens is 436 g/mol. The minimum Gasteiger partial charge on any atom is -0.503 e. The molecule has 5 rings (SSSR count). The van der Waals surface area contributed by atoms with E-state index in [2.05, 4.69) is 9.97 Å². The molecule has 1 N–H and O–H groups in total. The molecule has 0 saturated heterocycles. The van der Waals surface area contributed by atoms with E-state index in [1.165, 1.54) is 12.0 Å². The Morgan fingerprint density at radius 3 is 2.79 bits per heavy atom. The number of amides is 1. The zero-order valence-electron chi connectivity index (χ0n) is 18.4. The van der Waals surface area contributed by atoms with Crippen LogP contribution in [0.25, 0.3) is 11.0 Å². The average Bonchev–Trinajstić information content (AvgIpc) is 3.59. The summed E-state index contributed by atoms with van der Waals surface area (Å²) in [6, 6.07) is 9.64. The Morgan fingerprint density at radius 1 is 1.18 bits per heavy atom. The zero-order chi connectivity index (χ0) is 23.7. The molecule has 0 unspecified atom stereocenters. The third-order valence-corrected chi connectivity index (χ3v) is 5.87. The molecule has 1 atom stereocenters. The lowest BCUT2D eigenvalue weighted by molar-refractivity contribution is -0.129. The highest BCUT2D eigenvalue weighted by Gasteiger charge is 2.44. The summed E-state index contributed by atoms with van der Waals surface area (Å²) in [5.41, 5.74) is 1.02. The topological polar surface area (TPSA) is 111 Å². The maximum Gasteiger partial charge on any atom is 0.290 e. The molecule has 0 saturated carbocycles. The lowest BCUT2D eigenvalue weighted by Gasteiger charge is -2.26. The van der Waals surface area contributed by atoms with Gasteiger partial charge in [-0.05, 0) is 30.2 Å². The fourth-order valence-electron chi connectivity index (χ4n) is 4.28. The molecule has 9 heteroatoms. The van der Waals surface area contributed by atoms with E-state index in [9.17, 15) is 14.7 Å². The van der Waals surface area contributed by atoms with Gasteiger partial charge in [-0.2, -0.15) is 0 Å². The number of rotatable bonds is 8. The molecule has 0 aliphatic carbocycles. The molecule has 1 amide bonds. The second-order valence-corrected chi connectivity index (χ2v) is 7.92. The number of hydrogen-bond donors (Lipinski definition) is 1. The number of pyridine rings is 1. The van der Waals surface area contributed by atoms with Crippen molar-refractivity contribution in [1.82, 2.24) is 19.4 Å². The van der Waals surface area contributed by atoms with Crippen molar-refractivity contribution in [2.45, 2.75) is 19.0 Å². The van der Waals surface area contributed by atoms with Gasteiger partial charge >= 0.3 is 0 Å². The van der Waals surface area contributed by atoms with Crippen LogP contribution in [0.3, 0.4) is 0 Å². The molecule has 172 valence electrons. The molecular formula is C25H22N4O5. The van der Waals surface area contributed by atoms with E-state index in [-0.39, 0.29) is 11.3 Å². The SMILES string of the molecule is COc1cccc2cc(C(=O)C3=C(O)C(=O)N(CCCn4ccnc4)[C@H]3c3cccnc3)oc12. The molecule has 1 aliphatic heterocycles. The molecule has 4 heterocycles. The quantitative estimate of drug-likeness (QED) is 0.401. The van der Waals surface area contributed by atoms with Crippen molar-refractivity contribution in [2.75, 3.05) is 13.7 Å². The van der Waals surface area contributed by atoms with Gasteiger partial charge in [0.05, 0.1) is 25.1 Å². The fourth-order valence-corrected chi connectivity index (χ4v) is 4.28. The maximum atomic E-state index is 13.6. The summed E-state index contributed by atoms with van der Waals surface area (Å²) in [5, 5.41) is 11.5. The number of aryl methyl sites for hydroxylation is 1. The summed E-state index contributed by atoms with van der Waals surface area (Å²) < 4.78 is 13.0. The molecule has 9 nitrogen and oxygen atoms in total. The zero-order valence-corrected chi connectivity index (χ0v) is 18.4.